The highest BCUT2D eigenvalue weighted by atomic mass is 16.5. The lowest BCUT2D eigenvalue weighted by Crippen LogP contribution is -2.40. The number of nitrogens with one attached hydrogen (secondary N) is 1. The summed E-state index contributed by atoms with van der Waals surface area (Å²) in [4.78, 5) is 2.38. The normalized spacial score (nSPS) is 11.7. The first-order valence-electron chi connectivity index (χ1n) is 7.45. The van der Waals surface area contributed by atoms with Gasteiger partial charge < -0.3 is 15.0 Å². The van der Waals surface area contributed by atoms with Gasteiger partial charge >= 0.3 is 0 Å². The fourth-order valence-corrected chi connectivity index (χ4v) is 2.17. The third-order valence-corrected chi connectivity index (χ3v) is 4.21. The van der Waals surface area contributed by atoms with Gasteiger partial charge in [0.25, 0.3) is 0 Å². The average Bonchev–Trinajstić information content (AvgIpc) is 2.43. The van der Waals surface area contributed by atoms with Crippen LogP contribution >= 0.6 is 0 Å². The zero-order chi connectivity index (χ0) is 15.2. The molecule has 0 aliphatic rings. The first-order valence-corrected chi connectivity index (χ1v) is 7.45. The molecule has 0 unspecified atom stereocenters. The fourth-order valence-electron chi connectivity index (χ4n) is 2.17. The van der Waals surface area contributed by atoms with Gasteiger partial charge in [-0.15, -0.1) is 0 Å². The Morgan fingerprint density at radius 1 is 1.30 bits per heavy atom. The average molecular weight is 278 g/mol. The van der Waals surface area contributed by atoms with Crippen LogP contribution in [0.1, 0.15) is 38.3 Å². The predicted molar refractivity (Wildman–Crippen MR) is 87.5 cm³/mol. The minimum atomic E-state index is 0.184. The van der Waals surface area contributed by atoms with Crippen molar-refractivity contribution in [2.75, 3.05) is 32.2 Å². The first-order chi connectivity index (χ1) is 9.42. The molecule has 3 nitrogen and oxygen atoms in total. The second kappa shape index (κ2) is 7.65. The molecule has 0 spiro atoms. The number of aryl methyl sites for hydroxylation is 1. The Balaban J connectivity index is 2.73. The summed E-state index contributed by atoms with van der Waals surface area (Å²) >= 11 is 0. The maximum Gasteiger partial charge on any atom is 0.0587 e. The van der Waals surface area contributed by atoms with Crippen LogP contribution < -0.4 is 10.2 Å². The van der Waals surface area contributed by atoms with E-state index >= 15 is 0 Å². The van der Waals surface area contributed by atoms with Crippen LogP contribution in [0.25, 0.3) is 0 Å². The molecule has 0 fully saturated rings. The third kappa shape index (κ3) is 4.50. The Morgan fingerprint density at radius 2 is 2.00 bits per heavy atom. The fraction of sp³-hybridized carbons (Fsp3) is 0.647. The van der Waals surface area contributed by atoms with Crippen LogP contribution in [0.5, 0.6) is 0 Å². The van der Waals surface area contributed by atoms with Crippen LogP contribution in [-0.4, -0.2) is 32.8 Å². The van der Waals surface area contributed by atoms with E-state index in [4.69, 9.17) is 4.74 Å². The van der Waals surface area contributed by atoms with E-state index in [9.17, 15) is 0 Å². The molecule has 0 amide bonds. The number of nitrogens with zero attached hydrogens (tertiary/aromatic N) is 1. The van der Waals surface area contributed by atoms with Crippen molar-refractivity contribution in [3.8, 4) is 0 Å². The van der Waals surface area contributed by atoms with Crippen LogP contribution in [0.2, 0.25) is 0 Å². The van der Waals surface area contributed by atoms with Gasteiger partial charge in [-0.3, -0.25) is 0 Å². The van der Waals surface area contributed by atoms with E-state index in [-0.39, 0.29) is 5.54 Å². The van der Waals surface area contributed by atoms with Crippen LogP contribution in [-0.2, 0) is 11.3 Å². The molecule has 0 atom stereocenters. The van der Waals surface area contributed by atoms with E-state index in [0.29, 0.717) is 0 Å². The van der Waals surface area contributed by atoms with Gasteiger partial charge in [0.1, 0.15) is 0 Å². The van der Waals surface area contributed by atoms with Crippen molar-refractivity contribution in [2.24, 2.45) is 0 Å². The Bertz CT molecular complexity index is 415. The lowest BCUT2D eigenvalue weighted by molar-refractivity contribution is 0.199. The SMILES string of the molecule is CCC(C)(C)N(C)c1ccc(CNCCOC)cc1C. The van der Waals surface area contributed by atoms with E-state index in [1.54, 1.807) is 7.11 Å². The number of anilines is 1. The van der Waals surface area contributed by atoms with E-state index in [0.717, 1.165) is 26.1 Å². The quantitative estimate of drug-likeness (QED) is 0.738. The van der Waals surface area contributed by atoms with Crippen molar-refractivity contribution >= 4 is 5.69 Å². The topological polar surface area (TPSA) is 24.5 Å². The van der Waals surface area contributed by atoms with Gasteiger partial charge in [-0.25, -0.2) is 0 Å². The van der Waals surface area contributed by atoms with Crippen molar-refractivity contribution in [2.45, 2.75) is 46.2 Å². The van der Waals surface area contributed by atoms with Crippen LogP contribution in [0.3, 0.4) is 0 Å². The van der Waals surface area contributed by atoms with Gasteiger partial charge in [0.15, 0.2) is 0 Å². The van der Waals surface area contributed by atoms with Crippen LogP contribution in [0.15, 0.2) is 18.2 Å². The van der Waals surface area contributed by atoms with Gasteiger partial charge in [-0.1, -0.05) is 19.1 Å². The summed E-state index contributed by atoms with van der Waals surface area (Å²) in [5.41, 5.74) is 4.16. The summed E-state index contributed by atoms with van der Waals surface area (Å²) in [6, 6.07) is 6.72. The van der Waals surface area contributed by atoms with Gasteiger partial charge in [0.05, 0.1) is 6.61 Å². The number of rotatable bonds is 8. The summed E-state index contributed by atoms with van der Waals surface area (Å²) in [5.74, 6) is 0. The van der Waals surface area contributed by atoms with E-state index in [2.05, 4.69) is 63.2 Å². The molecule has 0 bridgehead atoms. The summed E-state index contributed by atoms with van der Waals surface area (Å²) in [6.45, 7) is 11.5. The second-order valence-corrected chi connectivity index (χ2v) is 6.02. The molecule has 1 N–H and O–H groups in total. The minimum Gasteiger partial charge on any atom is -0.383 e. The van der Waals surface area contributed by atoms with Crippen LogP contribution in [0.4, 0.5) is 5.69 Å². The maximum atomic E-state index is 5.03. The van der Waals surface area contributed by atoms with Crippen molar-refractivity contribution in [1.29, 1.82) is 0 Å². The van der Waals surface area contributed by atoms with E-state index < -0.39 is 0 Å². The molecule has 0 radical (unpaired) electrons. The third-order valence-electron chi connectivity index (χ3n) is 4.21. The number of benzene rings is 1. The smallest absolute Gasteiger partial charge is 0.0587 e. The Hall–Kier alpha value is -1.06. The number of methoxy groups -OCH3 is 1. The maximum absolute atomic E-state index is 5.03. The predicted octanol–water partition coefficient (Wildman–Crippen LogP) is 3.36. The van der Waals surface area contributed by atoms with Crippen LogP contribution in [0, 0.1) is 6.92 Å². The molecule has 0 saturated heterocycles. The summed E-state index contributed by atoms with van der Waals surface area (Å²) in [7, 11) is 3.91. The van der Waals surface area contributed by atoms with Crippen molar-refractivity contribution in [1.82, 2.24) is 5.32 Å². The molecule has 114 valence electrons. The Kier molecular flexibility index (Phi) is 6.50. The van der Waals surface area contributed by atoms with Gasteiger partial charge in [-0.2, -0.15) is 0 Å². The molecule has 20 heavy (non-hydrogen) atoms. The number of ether oxygens (including phenoxy) is 1. The highest BCUT2D eigenvalue weighted by Crippen LogP contribution is 2.28. The lowest BCUT2D eigenvalue weighted by atomic mass is 9.97. The van der Waals surface area contributed by atoms with Crippen molar-refractivity contribution in [3.05, 3.63) is 29.3 Å². The standard InChI is InChI=1S/C17H30N2O/c1-7-17(3,4)19(5)16-9-8-15(12-14(16)2)13-18-10-11-20-6/h8-9,12,18H,7,10-11,13H2,1-6H3. The zero-order valence-electron chi connectivity index (χ0n) is 13.9. The molecule has 1 aromatic rings. The summed E-state index contributed by atoms with van der Waals surface area (Å²) < 4.78 is 5.03. The van der Waals surface area contributed by atoms with Crippen molar-refractivity contribution < 1.29 is 4.74 Å². The molecule has 1 rings (SSSR count). The van der Waals surface area contributed by atoms with Gasteiger partial charge in [-0.05, 0) is 44.4 Å². The molecule has 3 heteroatoms. The number of hydrogen-bond donors (Lipinski definition) is 1. The molecule has 1 aromatic carbocycles. The van der Waals surface area contributed by atoms with Gasteiger partial charge in [0.2, 0.25) is 0 Å². The Labute approximate surface area is 124 Å². The summed E-state index contributed by atoms with van der Waals surface area (Å²) in [6.07, 6.45) is 1.13. The monoisotopic (exact) mass is 278 g/mol. The molecule has 0 aromatic heterocycles. The van der Waals surface area contributed by atoms with Gasteiger partial charge in [0, 0.05) is 38.5 Å². The molecule has 0 aliphatic heterocycles. The highest BCUT2D eigenvalue weighted by Gasteiger charge is 2.22. The molecule has 0 aliphatic carbocycles. The molecule has 0 heterocycles. The number of hydrogen-bond acceptors (Lipinski definition) is 3. The lowest BCUT2D eigenvalue weighted by Gasteiger charge is -2.37. The van der Waals surface area contributed by atoms with Crippen molar-refractivity contribution in [3.63, 3.8) is 0 Å². The molecule has 0 saturated carbocycles. The molecular formula is C17H30N2O. The largest absolute Gasteiger partial charge is 0.383 e. The highest BCUT2D eigenvalue weighted by molar-refractivity contribution is 5.55. The summed E-state index contributed by atoms with van der Waals surface area (Å²) in [5, 5.41) is 3.38. The minimum absolute atomic E-state index is 0.184. The van der Waals surface area contributed by atoms with E-state index in [1.165, 1.54) is 16.8 Å². The zero-order valence-corrected chi connectivity index (χ0v) is 13.9. The Morgan fingerprint density at radius 3 is 2.55 bits per heavy atom. The van der Waals surface area contributed by atoms with E-state index in [1.807, 2.05) is 0 Å². The molecular weight excluding hydrogens is 248 g/mol. The second-order valence-electron chi connectivity index (χ2n) is 6.02. The first kappa shape index (κ1) is 17.0.